The van der Waals surface area contributed by atoms with Crippen molar-refractivity contribution in [2.24, 2.45) is 0 Å². The highest BCUT2D eigenvalue weighted by Crippen LogP contribution is 2.40. The van der Waals surface area contributed by atoms with Gasteiger partial charge < -0.3 is 9.47 Å². The lowest BCUT2D eigenvalue weighted by Crippen LogP contribution is -2.22. The summed E-state index contributed by atoms with van der Waals surface area (Å²) in [6.07, 6.45) is -0.0554. The van der Waals surface area contributed by atoms with Crippen LogP contribution in [0.25, 0.3) is 5.57 Å². The Bertz CT molecular complexity index is 484. The summed E-state index contributed by atoms with van der Waals surface area (Å²) >= 11 is 0. The van der Waals surface area contributed by atoms with Crippen LogP contribution in [-0.2, 0) is 14.3 Å². The molecule has 0 spiro atoms. The van der Waals surface area contributed by atoms with E-state index in [1.54, 1.807) is 0 Å². The maximum absolute atomic E-state index is 11.9. The van der Waals surface area contributed by atoms with E-state index in [2.05, 4.69) is 0 Å². The second-order valence-electron chi connectivity index (χ2n) is 5.14. The number of carbonyl (C=O) groups excluding carboxylic acids is 1. The van der Waals surface area contributed by atoms with E-state index < -0.39 is 5.60 Å². The van der Waals surface area contributed by atoms with E-state index in [1.165, 1.54) is 0 Å². The maximum atomic E-state index is 11.9. The number of hydrogen-bond acceptors (Lipinski definition) is 3. The van der Waals surface area contributed by atoms with Crippen molar-refractivity contribution in [3.63, 3.8) is 0 Å². The van der Waals surface area contributed by atoms with Gasteiger partial charge in [-0.1, -0.05) is 30.3 Å². The van der Waals surface area contributed by atoms with Crippen LogP contribution in [0.1, 0.15) is 33.3 Å². The van der Waals surface area contributed by atoms with Gasteiger partial charge in [-0.25, -0.2) is 4.79 Å². The van der Waals surface area contributed by atoms with Crippen molar-refractivity contribution >= 4 is 11.5 Å². The number of carbonyl (C=O) groups is 1. The first-order chi connectivity index (χ1) is 8.42. The van der Waals surface area contributed by atoms with Crippen LogP contribution in [0.15, 0.2) is 36.1 Å². The Morgan fingerprint density at radius 3 is 2.33 bits per heavy atom. The van der Waals surface area contributed by atoms with E-state index in [0.29, 0.717) is 5.76 Å². The second kappa shape index (κ2) is 4.48. The fraction of sp³-hybridized carbons (Fsp3) is 0.400. The second-order valence-corrected chi connectivity index (χ2v) is 5.14. The van der Waals surface area contributed by atoms with Crippen LogP contribution in [0.5, 0.6) is 0 Å². The van der Waals surface area contributed by atoms with Gasteiger partial charge in [-0.2, -0.15) is 0 Å². The Labute approximate surface area is 107 Å². The molecule has 1 aromatic rings. The Balaban J connectivity index is 2.54. The lowest BCUT2D eigenvalue weighted by Gasteiger charge is -2.21. The van der Waals surface area contributed by atoms with E-state index in [9.17, 15) is 4.79 Å². The number of benzene rings is 1. The molecular weight excluding hydrogens is 228 g/mol. The van der Waals surface area contributed by atoms with Gasteiger partial charge in [-0.3, -0.25) is 0 Å². The van der Waals surface area contributed by atoms with E-state index in [4.69, 9.17) is 9.47 Å². The number of cyclic esters (lactones) is 1. The molecular formula is C15H18O3. The van der Waals surface area contributed by atoms with Crippen LogP contribution in [-0.4, -0.2) is 17.7 Å². The highest BCUT2D eigenvalue weighted by atomic mass is 16.6. The minimum absolute atomic E-state index is 0.0554. The van der Waals surface area contributed by atoms with Gasteiger partial charge in [0.25, 0.3) is 0 Å². The molecule has 2 rings (SSSR count). The largest absolute Gasteiger partial charge is 0.484 e. The molecule has 0 saturated heterocycles. The maximum Gasteiger partial charge on any atom is 0.374 e. The molecule has 3 nitrogen and oxygen atoms in total. The zero-order valence-electron chi connectivity index (χ0n) is 11.2. The van der Waals surface area contributed by atoms with E-state index in [1.807, 2.05) is 58.0 Å². The fourth-order valence-corrected chi connectivity index (χ4v) is 2.13. The molecule has 0 radical (unpaired) electrons. The molecule has 0 saturated carbocycles. The molecule has 0 N–H and O–H groups in total. The molecule has 1 aliphatic heterocycles. The first kappa shape index (κ1) is 12.7. The number of rotatable bonds is 3. The third-order valence-electron chi connectivity index (χ3n) is 2.78. The molecule has 1 aliphatic rings. The molecule has 0 amide bonds. The predicted molar refractivity (Wildman–Crippen MR) is 69.8 cm³/mol. The number of hydrogen-bond donors (Lipinski definition) is 0. The summed E-state index contributed by atoms with van der Waals surface area (Å²) in [5.74, 6) is -0.0475. The van der Waals surface area contributed by atoms with Crippen LogP contribution >= 0.6 is 0 Å². The first-order valence-corrected chi connectivity index (χ1v) is 6.12. The van der Waals surface area contributed by atoms with Gasteiger partial charge in [0.1, 0.15) is 5.60 Å². The van der Waals surface area contributed by atoms with Crippen molar-refractivity contribution in [1.29, 1.82) is 0 Å². The van der Waals surface area contributed by atoms with Crippen molar-refractivity contribution in [3.05, 3.63) is 41.7 Å². The lowest BCUT2D eigenvalue weighted by molar-refractivity contribution is -0.147. The van der Waals surface area contributed by atoms with Gasteiger partial charge in [-0.15, -0.1) is 0 Å². The summed E-state index contributed by atoms with van der Waals surface area (Å²) < 4.78 is 11.0. The number of esters is 1. The zero-order chi connectivity index (χ0) is 13.3. The topological polar surface area (TPSA) is 35.5 Å². The summed E-state index contributed by atoms with van der Waals surface area (Å²) in [7, 11) is 0. The van der Waals surface area contributed by atoms with Crippen molar-refractivity contribution in [2.75, 3.05) is 0 Å². The standard InChI is InChI=1S/C15H18O3/c1-10(2)17-13-12(11-8-6-5-7-9-11)15(3,4)18-14(13)16/h5-10H,1-4H3. The zero-order valence-corrected chi connectivity index (χ0v) is 11.2. The normalized spacial score (nSPS) is 18.2. The Morgan fingerprint density at radius 1 is 1.17 bits per heavy atom. The number of ether oxygens (including phenoxy) is 2. The Morgan fingerprint density at radius 2 is 1.78 bits per heavy atom. The van der Waals surface area contributed by atoms with Gasteiger partial charge in [0.15, 0.2) is 0 Å². The third-order valence-corrected chi connectivity index (χ3v) is 2.78. The molecule has 1 heterocycles. The molecule has 18 heavy (non-hydrogen) atoms. The molecule has 1 aromatic carbocycles. The quantitative estimate of drug-likeness (QED) is 0.768. The smallest absolute Gasteiger partial charge is 0.374 e. The van der Waals surface area contributed by atoms with Crippen LogP contribution < -0.4 is 0 Å². The van der Waals surface area contributed by atoms with Crippen molar-refractivity contribution in [1.82, 2.24) is 0 Å². The molecule has 0 aliphatic carbocycles. The van der Waals surface area contributed by atoms with Gasteiger partial charge >= 0.3 is 5.97 Å². The lowest BCUT2D eigenvalue weighted by atomic mass is 9.92. The van der Waals surface area contributed by atoms with E-state index in [-0.39, 0.29) is 12.1 Å². The average Bonchev–Trinajstić information content (AvgIpc) is 2.49. The minimum atomic E-state index is -0.650. The Kier molecular flexibility index (Phi) is 3.16. The SMILES string of the molecule is CC(C)OC1=C(c2ccccc2)C(C)(C)OC1=O. The molecule has 0 fully saturated rings. The average molecular weight is 246 g/mol. The van der Waals surface area contributed by atoms with Gasteiger partial charge in [0, 0.05) is 0 Å². The molecule has 0 aromatic heterocycles. The molecule has 0 unspecified atom stereocenters. The van der Waals surface area contributed by atoms with E-state index in [0.717, 1.165) is 11.1 Å². The minimum Gasteiger partial charge on any atom is -0.484 e. The summed E-state index contributed by atoms with van der Waals surface area (Å²) in [5, 5.41) is 0. The van der Waals surface area contributed by atoms with E-state index >= 15 is 0 Å². The third kappa shape index (κ3) is 2.26. The monoisotopic (exact) mass is 246 g/mol. The first-order valence-electron chi connectivity index (χ1n) is 6.12. The van der Waals surface area contributed by atoms with Gasteiger partial charge in [-0.05, 0) is 33.3 Å². The fourth-order valence-electron chi connectivity index (χ4n) is 2.13. The summed E-state index contributed by atoms with van der Waals surface area (Å²) in [6, 6.07) is 9.74. The highest BCUT2D eigenvalue weighted by molar-refractivity contribution is 6.02. The Hall–Kier alpha value is -1.77. The molecule has 96 valence electrons. The van der Waals surface area contributed by atoms with Crippen molar-refractivity contribution < 1.29 is 14.3 Å². The van der Waals surface area contributed by atoms with Crippen LogP contribution in [0.4, 0.5) is 0 Å². The highest BCUT2D eigenvalue weighted by Gasteiger charge is 2.42. The molecule has 0 atom stereocenters. The predicted octanol–water partition coefficient (Wildman–Crippen LogP) is 3.16. The van der Waals surface area contributed by atoms with Gasteiger partial charge in [0.05, 0.1) is 11.7 Å². The van der Waals surface area contributed by atoms with Crippen molar-refractivity contribution in [2.45, 2.75) is 39.4 Å². The van der Waals surface area contributed by atoms with Crippen LogP contribution in [0.3, 0.4) is 0 Å². The van der Waals surface area contributed by atoms with Gasteiger partial charge in [0.2, 0.25) is 5.76 Å². The van der Waals surface area contributed by atoms with Crippen molar-refractivity contribution in [3.8, 4) is 0 Å². The molecule has 0 bridgehead atoms. The summed E-state index contributed by atoms with van der Waals surface area (Å²) in [4.78, 5) is 11.9. The summed E-state index contributed by atoms with van der Waals surface area (Å²) in [5.41, 5.74) is 1.13. The van der Waals surface area contributed by atoms with Crippen LogP contribution in [0, 0.1) is 0 Å². The summed E-state index contributed by atoms with van der Waals surface area (Å²) in [6.45, 7) is 7.55. The molecule has 3 heteroatoms. The van der Waals surface area contributed by atoms with Crippen LogP contribution in [0.2, 0.25) is 0 Å².